The summed E-state index contributed by atoms with van der Waals surface area (Å²) >= 11 is 5.93. The molecule has 4 heteroatoms. The van der Waals surface area contributed by atoms with Gasteiger partial charge in [-0.15, -0.1) is 0 Å². The topological polar surface area (TPSA) is 28.2 Å². The Balaban J connectivity index is 1.53. The molecule has 1 aliphatic carbocycles. The van der Waals surface area contributed by atoms with E-state index in [-0.39, 0.29) is 0 Å². The number of nitrogens with zero attached hydrogens (tertiary/aromatic N) is 2. The highest BCUT2D eigenvalue weighted by molar-refractivity contribution is 6.30. The molecule has 0 saturated heterocycles. The molecule has 1 N–H and O–H groups in total. The number of halogens is 1. The first-order valence-corrected chi connectivity index (χ1v) is 7.65. The van der Waals surface area contributed by atoms with Crippen molar-refractivity contribution in [3.63, 3.8) is 0 Å². The van der Waals surface area contributed by atoms with Crippen LogP contribution in [0.2, 0.25) is 5.02 Å². The molecule has 1 aromatic heterocycles. The van der Waals surface area contributed by atoms with E-state index < -0.39 is 0 Å². The van der Waals surface area contributed by atoms with Gasteiger partial charge in [0.05, 0.1) is 11.9 Å². The smallest absolute Gasteiger partial charge is 0.128 e. The van der Waals surface area contributed by atoms with Crippen molar-refractivity contribution in [3.8, 4) is 0 Å². The first-order chi connectivity index (χ1) is 10.1. The first kappa shape index (κ1) is 14.2. The van der Waals surface area contributed by atoms with Gasteiger partial charge in [-0.1, -0.05) is 23.7 Å². The summed E-state index contributed by atoms with van der Waals surface area (Å²) in [6.07, 6.45) is 4.24. The zero-order valence-electron chi connectivity index (χ0n) is 12.4. The van der Waals surface area contributed by atoms with Crippen molar-refractivity contribution in [1.29, 1.82) is 0 Å². The maximum Gasteiger partial charge on any atom is 0.128 e. The Morgan fingerprint density at radius 3 is 2.38 bits per heavy atom. The molecule has 1 saturated carbocycles. The Morgan fingerprint density at radius 2 is 1.81 bits per heavy atom. The third-order valence-corrected chi connectivity index (χ3v) is 4.31. The van der Waals surface area contributed by atoms with Gasteiger partial charge in [0, 0.05) is 25.2 Å². The van der Waals surface area contributed by atoms with Gasteiger partial charge in [-0.3, -0.25) is 0 Å². The van der Waals surface area contributed by atoms with Gasteiger partial charge in [0.25, 0.3) is 0 Å². The van der Waals surface area contributed by atoms with Crippen molar-refractivity contribution in [1.82, 2.24) is 4.98 Å². The molecule has 1 fully saturated rings. The Hall–Kier alpha value is -1.74. The summed E-state index contributed by atoms with van der Waals surface area (Å²) in [5, 5.41) is 4.35. The van der Waals surface area contributed by atoms with Crippen LogP contribution in [0.4, 0.5) is 11.5 Å². The summed E-state index contributed by atoms with van der Waals surface area (Å²) in [5.74, 6) is 1.63. The molecule has 0 radical (unpaired) electrons. The molecule has 1 heterocycles. The molecule has 0 spiro atoms. The molecule has 0 amide bonds. The molecule has 0 unspecified atom stereocenters. The van der Waals surface area contributed by atoms with Gasteiger partial charge in [-0.25, -0.2) is 4.98 Å². The van der Waals surface area contributed by atoms with Crippen LogP contribution in [-0.4, -0.2) is 25.1 Å². The lowest BCUT2D eigenvalue weighted by molar-refractivity contribution is 0.374. The van der Waals surface area contributed by atoms with Gasteiger partial charge in [0.15, 0.2) is 0 Å². The van der Waals surface area contributed by atoms with E-state index in [1.54, 1.807) is 0 Å². The molecule has 0 aliphatic heterocycles. The van der Waals surface area contributed by atoms with E-state index in [2.05, 4.69) is 28.5 Å². The molecule has 3 rings (SSSR count). The van der Waals surface area contributed by atoms with E-state index in [0.29, 0.717) is 12.0 Å². The van der Waals surface area contributed by atoms with Crippen LogP contribution in [-0.2, 0) is 0 Å². The minimum absolute atomic E-state index is 0.540. The highest BCUT2D eigenvalue weighted by atomic mass is 35.5. The summed E-state index contributed by atoms with van der Waals surface area (Å²) < 4.78 is 0. The molecule has 1 aliphatic rings. The van der Waals surface area contributed by atoms with E-state index in [0.717, 1.165) is 29.4 Å². The lowest BCUT2D eigenvalue weighted by Gasteiger charge is -2.37. The number of anilines is 2. The average Bonchev–Trinajstić information content (AvgIpc) is 2.44. The largest absolute Gasteiger partial charge is 0.381 e. The third kappa shape index (κ3) is 3.30. The summed E-state index contributed by atoms with van der Waals surface area (Å²) in [4.78, 5) is 6.43. The zero-order valence-corrected chi connectivity index (χ0v) is 13.1. The van der Waals surface area contributed by atoms with E-state index in [1.165, 1.54) is 5.56 Å². The quantitative estimate of drug-likeness (QED) is 0.919. The number of pyridine rings is 1. The molecule has 0 bridgehead atoms. The molecule has 1 aromatic carbocycles. The van der Waals surface area contributed by atoms with Crippen molar-refractivity contribution in [3.05, 3.63) is 53.2 Å². The maximum atomic E-state index is 5.93. The lowest BCUT2D eigenvalue weighted by atomic mass is 9.76. The van der Waals surface area contributed by atoms with Crippen molar-refractivity contribution in [2.24, 2.45) is 0 Å². The summed E-state index contributed by atoms with van der Waals surface area (Å²) in [7, 11) is 4.00. The maximum absolute atomic E-state index is 5.93. The van der Waals surface area contributed by atoms with Crippen molar-refractivity contribution in [2.45, 2.75) is 24.8 Å². The number of benzene rings is 1. The van der Waals surface area contributed by atoms with E-state index in [4.69, 9.17) is 11.6 Å². The van der Waals surface area contributed by atoms with Gasteiger partial charge in [0.2, 0.25) is 0 Å². The fourth-order valence-electron chi connectivity index (χ4n) is 2.71. The first-order valence-electron chi connectivity index (χ1n) is 7.27. The van der Waals surface area contributed by atoms with Crippen LogP contribution < -0.4 is 10.2 Å². The summed E-state index contributed by atoms with van der Waals surface area (Å²) in [6, 6.07) is 12.9. The second-order valence-corrected chi connectivity index (χ2v) is 6.30. The van der Waals surface area contributed by atoms with Crippen LogP contribution in [0.15, 0.2) is 42.6 Å². The second kappa shape index (κ2) is 5.94. The fraction of sp³-hybridized carbons (Fsp3) is 0.353. The fourth-order valence-corrected chi connectivity index (χ4v) is 2.84. The molecule has 110 valence electrons. The second-order valence-electron chi connectivity index (χ2n) is 5.86. The Bertz CT molecular complexity index is 586. The normalized spacial score (nSPS) is 20.7. The van der Waals surface area contributed by atoms with Crippen LogP contribution in [0.5, 0.6) is 0 Å². The minimum Gasteiger partial charge on any atom is -0.381 e. The van der Waals surface area contributed by atoms with Crippen molar-refractivity contribution < 1.29 is 0 Å². The summed E-state index contributed by atoms with van der Waals surface area (Å²) in [5.41, 5.74) is 2.48. The van der Waals surface area contributed by atoms with Gasteiger partial charge in [-0.2, -0.15) is 0 Å². The van der Waals surface area contributed by atoms with Crippen LogP contribution in [0, 0.1) is 0 Å². The number of aromatic nitrogens is 1. The number of hydrogen-bond acceptors (Lipinski definition) is 3. The van der Waals surface area contributed by atoms with Gasteiger partial charge in [0.1, 0.15) is 5.82 Å². The standard InChI is InChI=1S/C17H20ClN3/c1-21(2)17-8-7-15(11-19-17)20-16-9-13(10-16)12-3-5-14(18)6-4-12/h3-8,11,13,16,20H,9-10H2,1-2H3. The lowest BCUT2D eigenvalue weighted by Crippen LogP contribution is -2.34. The van der Waals surface area contributed by atoms with Crippen LogP contribution in [0.3, 0.4) is 0 Å². The summed E-state index contributed by atoms with van der Waals surface area (Å²) in [6.45, 7) is 0. The van der Waals surface area contributed by atoms with E-state index in [1.807, 2.05) is 43.4 Å². The van der Waals surface area contributed by atoms with Crippen molar-refractivity contribution >= 4 is 23.1 Å². The van der Waals surface area contributed by atoms with Crippen LogP contribution in [0.1, 0.15) is 24.3 Å². The highest BCUT2D eigenvalue weighted by Crippen LogP contribution is 2.38. The Morgan fingerprint density at radius 1 is 1.10 bits per heavy atom. The van der Waals surface area contributed by atoms with E-state index in [9.17, 15) is 0 Å². The Labute approximate surface area is 131 Å². The minimum atomic E-state index is 0.540. The molecular formula is C17H20ClN3. The zero-order chi connectivity index (χ0) is 14.8. The van der Waals surface area contributed by atoms with Crippen LogP contribution >= 0.6 is 11.6 Å². The average molecular weight is 302 g/mol. The Kier molecular flexibility index (Phi) is 4.02. The van der Waals surface area contributed by atoms with Gasteiger partial charge < -0.3 is 10.2 Å². The van der Waals surface area contributed by atoms with E-state index >= 15 is 0 Å². The number of rotatable bonds is 4. The predicted molar refractivity (Wildman–Crippen MR) is 89.4 cm³/mol. The highest BCUT2D eigenvalue weighted by Gasteiger charge is 2.30. The molecule has 2 aromatic rings. The van der Waals surface area contributed by atoms with Gasteiger partial charge in [-0.05, 0) is 48.6 Å². The number of hydrogen-bond donors (Lipinski definition) is 1. The third-order valence-electron chi connectivity index (χ3n) is 4.06. The molecular weight excluding hydrogens is 282 g/mol. The molecule has 0 atom stereocenters. The molecule has 3 nitrogen and oxygen atoms in total. The predicted octanol–water partition coefficient (Wildman–Crippen LogP) is 4.16. The van der Waals surface area contributed by atoms with Gasteiger partial charge >= 0.3 is 0 Å². The SMILES string of the molecule is CN(C)c1ccc(NC2CC(c3ccc(Cl)cc3)C2)cn1. The monoisotopic (exact) mass is 301 g/mol. The number of nitrogens with one attached hydrogen (secondary N) is 1. The molecule has 21 heavy (non-hydrogen) atoms. The van der Waals surface area contributed by atoms with Crippen LogP contribution in [0.25, 0.3) is 0 Å². The van der Waals surface area contributed by atoms with Crippen molar-refractivity contribution in [2.75, 3.05) is 24.3 Å².